The van der Waals surface area contributed by atoms with Gasteiger partial charge in [-0.25, -0.2) is 0 Å². The first kappa shape index (κ1) is 15.0. The van der Waals surface area contributed by atoms with E-state index in [-0.39, 0.29) is 0 Å². The molecule has 0 radical (unpaired) electrons. The van der Waals surface area contributed by atoms with Gasteiger partial charge in [0.1, 0.15) is 0 Å². The maximum Gasteiger partial charge on any atom is 0.159 e. The highest BCUT2D eigenvalue weighted by Gasteiger charge is 2.19. The van der Waals surface area contributed by atoms with Gasteiger partial charge < -0.3 is 4.90 Å². The van der Waals surface area contributed by atoms with Crippen LogP contribution in [0, 0.1) is 6.92 Å². The summed E-state index contributed by atoms with van der Waals surface area (Å²) in [5.74, 6) is 1.56. The lowest BCUT2D eigenvalue weighted by Gasteiger charge is -2.31. The van der Waals surface area contributed by atoms with E-state index in [0.29, 0.717) is 11.9 Å². The molecular weight excluding hydrogens is 270 g/mol. The fraction of sp³-hybridized carbons (Fsp3) is 0.500. The van der Waals surface area contributed by atoms with Crippen LogP contribution in [-0.2, 0) is 0 Å². The standard InChI is InChI=1S/C16H22ClN3/c1-4-13(5-2)20(11-10-17)16-15-9-7-6-8-14(15)12(3)18-19-16/h6-9,13H,4-5,10-11H2,1-3H3. The molecule has 4 heteroatoms. The Morgan fingerprint density at radius 2 is 1.75 bits per heavy atom. The molecule has 0 saturated heterocycles. The smallest absolute Gasteiger partial charge is 0.159 e. The highest BCUT2D eigenvalue weighted by Crippen LogP contribution is 2.28. The van der Waals surface area contributed by atoms with Crippen molar-refractivity contribution in [3.05, 3.63) is 30.0 Å². The van der Waals surface area contributed by atoms with Gasteiger partial charge in [0.25, 0.3) is 0 Å². The first-order chi connectivity index (χ1) is 9.72. The van der Waals surface area contributed by atoms with Crippen LogP contribution in [0.25, 0.3) is 10.8 Å². The van der Waals surface area contributed by atoms with E-state index in [1.165, 1.54) is 5.39 Å². The molecule has 0 aliphatic carbocycles. The van der Waals surface area contributed by atoms with E-state index in [9.17, 15) is 0 Å². The van der Waals surface area contributed by atoms with E-state index in [1.807, 2.05) is 13.0 Å². The predicted octanol–water partition coefficient (Wildman–Crippen LogP) is 4.17. The maximum absolute atomic E-state index is 6.00. The molecule has 1 heterocycles. The molecule has 108 valence electrons. The summed E-state index contributed by atoms with van der Waals surface area (Å²) in [6.45, 7) is 7.22. The van der Waals surface area contributed by atoms with Gasteiger partial charge in [-0.15, -0.1) is 16.7 Å². The molecule has 0 spiro atoms. The summed E-state index contributed by atoms with van der Waals surface area (Å²) in [4.78, 5) is 2.31. The van der Waals surface area contributed by atoms with Gasteiger partial charge in [0.15, 0.2) is 5.82 Å². The number of alkyl halides is 1. The molecule has 0 aliphatic rings. The fourth-order valence-corrected chi connectivity index (χ4v) is 2.90. The van der Waals surface area contributed by atoms with Crippen LogP contribution in [0.5, 0.6) is 0 Å². The first-order valence-electron chi connectivity index (χ1n) is 7.27. The second-order valence-corrected chi connectivity index (χ2v) is 5.39. The number of fused-ring (bicyclic) bond motifs is 1. The number of halogens is 1. The summed E-state index contributed by atoms with van der Waals surface area (Å²) >= 11 is 6.00. The number of hydrogen-bond acceptors (Lipinski definition) is 3. The largest absolute Gasteiger partial charge is 0.350 e. The highest BCUT2D eigenvalue weighted by molar-refractivity contribution is 6.18. The molecule has 20 heavy (non-hydrogen) atoms. The van der Waals surface area contributed by atoms with Crippen LogP contribution < -0.4 is 4.90 Å². The Labute approximate surface area is 126 Å². The minimum Gasteiger partial charge on any atom is -0.350 e. The van der Waals surface area contributed by atoms with E-state index < -0.39 is 0 Å². The molecule has 0 amide bonds. The summed E-state index contributed by atoms with van der Waals surface area (Å²) in [5.41, 5.74) is 0.972. The normalized spacial score (nSPS) is 11.2. The quantitative estimate of drug-likeness (QED) is 0.748. The summed E-state index contributed by atoms with van der Waals surface area (Å²) < 4.78 is 0. The zero-order valence-corrected chi connectivity index (χ0v) is 13.2. The van der Waals surface area contributed by atoms with E-state index >= 15 is 0 Å². The van der Waals surface area contributed by atoms with Crippen molar-refractivity contribution < 1.29 is 0 Å². The second kappa shape index (κ2) is 6.89. The summed E-state index contributed by atoms with van der Waals surface area (Å²) in [7, 11) is 0. The molecule has 0 saturated carbocycles. The number of anilines is 1. The van der Waals surface area contributed by atoms with Gasteiger partial charge in [0.2, 0.25) is 0 Å². The van der Waals surface area contributed by atoms with E-state index in [1.54, 1.807) is 0 Å². The van der Waals surface area contributed by atoms with E-state index in [4.69, 9.17) is 11.6 Å². The van der Waals surface area contributed by atoms with Gasteiger partial charge in [0, 0.05) is 29.2 Å². The van der Waals surface area contributed by atoms with Crippen LogP contribution in [0.1, 0.15) is 32.4 Å². The van der Waals surface area contributed by atoms with Crippen molar-refractivity contribution in [2.24, 2.45) is 0 Å². The van der Waals surface area contributed by atoms with Crippen LogP contribution in [0.2, 0.25) is 0 Å². The minimum absolute atomic E-state index is 0.453. The third-order valence-electron chi connectivity index (χ3n) is 3.83. The number of aryl methyl sites for hydroxylation is 1. The van der Waals surface area contributed by atoms with Gasteiger partial charge in [-0.3, -0.25) is 0 Å². The van der Waals surface area contributed by atoms with E-state index in [0.717, 1.165) is 36.3 Å². The van der Waals surface area contributed by atoms with E-state index in [2.05, 4.69) is 47.1 Å². The van der Waals surface area contributed by atoms with Gasteiger partial charge in [-0.05, 0) is 19.8 Å². The first-order valence-corrected chi connectivity index (χ1v) is 7.81. The van der Waals surface area contributed by atoms with Crippen molar-refractivity contribution in [3.63, 3.8) is 0 Å². The number of nitrogens with zero attached hydrogens (tertiary/aromatic N) is 3. The van der Waals surface area contributed by atoms with Crippen LogP contribution >= 0.6 is 11.6 Å². The van der Waals surface area contributed by atoms with Gasteiger partial charge >= 0.3 is 0 Å². The molecule has 0 bridgehead atoms. The zero-order valence-electron chi connectivity index (χ0n) is 12.4. The molecule has 3 nitrogen and oxygen atoms in total. The molecule has 0 aliphatic heterocycles. The molecule has 0 unspecified atom stereocenters. The predicted molar refractivity (Wildman–Crippen MR) is 86.7 cm³/mol. The van der Waals surface area contributed by atoms with Crippen LogP contribution in [-0.4, -0.2) is 28.7 Å². The van der Waals surface area contributed by atoms with Crippen molar-refractivity contribution in [1.29, 1.82) is 0 Å². The Kier molecular flexibility index (Phi) is 5.18. The minimum atomic E-state index is 0.453. The third-order valence-corrected chi connectivity index (χ3v) is 4.00. The Hall–Kier alpha value is -1.35. The number of rotatable bonds is 6. The van der Waals surface area contributed by atoms with Crippen LogP contribution in [0.15, 0.2) is 24.3 Å². The molecule has 0 atom stereocenters. The summed E-state index contributed by atoms with van der Waals surface area (Å²) in [5, 5.41) is 11.1. The molecule has 0 fully saturated rings. The second-order valence-electron chi connectivity index (χ2n) is 5.01. The maximum atomic E-state index is 6.00. The van der Waals surface area contributed by atoms with Crippen molar-refractivity contribution >= 4 is 28.2 Å². The number of benzene rings is 1. The van der Waals surface area contributed by atoms with Gasteiger partial charge in [-0.2, -0.15) is 5.10 Å². The average Bonchev–Trinajstić information content (AvgIpc) is 2.48. The SMILES string of the molecule is CCC(CC)N(CCCl)c1nnc(C)c2ccccc12. The summed E-state index contributed by atoms with van der Waals surface area (Å²) in [6.07, 6.45) is 2.16. The Balaban J connectivity index is 2.56. The molecule has 1 aromatic heterocycles. The monoisotopic (exact) mass is 291 g/mol. The lowest BCUT2D eigenvalue weighted by atomic mass is 10.1. The summed E-state index contributed by atoms with van der Waals surface area (Å²) in [6, 6.07) is 8.78. The number of hydrogen-bond donors (Lipinski definition) is 0. The Morgan fingerprint density at radius 1 is 1.10 bits per heavy atom. The molecule has 2 rings (SSSR count). The van der Waals surface area contributed by atoms with Gasteiger partial charge in [-0.1, -0.05) is 38.1 Å². The van der Waals surface area contributed by atoms with Crippen LogP contribution in [0.3, 0.4) is 0 Å². The molecule has 2 aromatic rings. The van der Waals surface area contributed by atoms with Gasteiger partial charge in [0.05, 0.1) is 5.69 Å². The number of aromatic nitrogens is 2. The Bertz CT molecular complexity index is 567. The molecule has 1 aromatic carbocycles. The van der Waals surface area contributed by atoms with Crippen LogP contribution in [0.4, 0.5) is 5.82 Å². The lowest BCUT2D eigenvalue weighted by molar-refractivity contribution is 0.562. The third kappa shape index (κ3) is 2.88. The van der Waals surface area contributed by atoms with Crippen molar-refractivity contribution in [2.75, 3.05) is 17.3 Å². The fourth-order valence-electron chi connectivity index (χ4n) is 2.72. The lowest BCUT2D eigenvalue weighted by Crippen LogP contribution is -2.37. The average molecular weight is 292 g/mol. The molecular formula is C16H22ClN3. The van der Waals surface area contributed by atoms with Crippen molar-refractivity contribution in [1.82, 2.24) is 10.2 Å². The van der Waals surface area contributed by atoms with Crippen molar-refractivity contribution in [3.8, 4) is 0 Å². The highest BCUT2D eigenvalue weighted by atomic mass is 35.5. The zero-order chi connectivity index (χ0) is 14.5. The van der Waals surface area contributed by atoms with Crippen molar-refractivity contribution in [2.45, 2.75) is 39.7 Å². The topological polar surface area (TPSA) is 29.0 Å². The Morgan fingerprint density at radius 3 is 2.35 bits per heavy atom. The molecule has 0 N–H and O–H groups in total.